The molecule has 2 amide bonds. The van der Waals surface area contributed by atoms with Crippen molar-refractivity contribution in [3.63, 3.8) is 0 Å². The Morgan fingerprint density at radius 1 is 1.00 bits per heavy atom. The second-order valence-electron chi connectivity index (χ2n) is 7.80. The molecule has 0 bridgehead atoms. The Kier molecular flexibility index (Phi) is 6.60. The largest absolute Gasteiger partial charge is 0.416 e. The predicted molar refractivity (Wildman–Crippen MR) is 121 cm³/mol. The molecule has 1 N–H and O–H groups in total. The van der Waals surface area contributed by atoms with E-state index in [1.807, 2.05) is 4.90 Å². The monoisotopic (exact) mass is 493 g/mol. The number of benzene rings is 2. The highest BCUT2D eigenvalue weighted by Gasteiger charge is 2.30. The maximum absolute atomic E-state index is 13.3. The minimum Gasteiger partial charge on any atom is -0.353 e. The molecule has 0 unspecified atom stereocenters. The fourth-order valence-electron chi connectivity index (χ4n) is 3.57. The van der Waals surface area contributed by atoms with E-state index < -0.39 is 17.6 Å². The van der Waals surface area contributed by atoms with Crippen LogP contribution in [0.5, 0.6) is 0 Å². The Morgan fingerprint density at radius 3 is 2.29 bits per heavy atom. The fraction of sp³-hybridized carbons (Fsp3) is 0.261. The summed E-state index contributed by atoms with van der Waals surface area (Å²) in [5.41, 5.74) is 0.815. The van der Waals surface area contributed by atoms with Crippen LogP contribution in [0.25, 0.3) is 11.4 Å². The lowest BCUT2D eigenvalue weighted by molar-refractivity contribution is -0.137. The van der Waals surface area contributed by atoms with Crippen LogP contribution >= 0.6 is 11.6 Å². The van der Waals surface area contributed by atoms with E-state index in [0.29, 0.717) is 54.8 Å². The molecule has 1 aliphatic heterocycles. The summed E-state index contributed by atoms with van der Waals surface area (Å²) in [4.78, 5) is 25.1. The Labute approximate surface area is 198 Å². The Bertz CT molecular complexity index is 1190. The summed E-state index contributed by atoms with van der Waals surface area (Å²) in [6.45, 7) is 3.62. The zero-order valence-corrected chi connectivity index (χ0v) is 18.8. The van der Waals surface area contributed by atoms with Gasteiger partial charge >= 0.3 is 12.2 Å². The highest BCUT2D eigenvalue weighted by atomic mass is 35.5. The molecule has 2 aromatic carbocycles. The number of halogens is 5. The number of nitrogens with zero attached hydrogens (tertiary/aromatic N) is 4. The first-order valence-electron chi connectivity index (χ1n) is 10.4. The number of alkyl halides is 3. The minimum atomic E-state index is -4.41. The molecule has 11 heteroatoms. The summed E-state index contributed by atoms with van der Waals surface area (Å²) >= 11 is 5.76. The molecule has 0 aliphatic carbocycles. The van der Waals surface area contributed by atoms with Crippen molar-refractivity contribution < 1.29 is 22.4 Å². The molecule has 0 radical (unpaired) electrons. The quantitative estimate of drug-likeness (QED) is 0.481. The minimum absolute atomic E-state index is 0.0781. The lowest BCUT2D eigenvalue weighted by Gasteiger charge is -2.35. The number of carbonyl (C=O) groups excluding carboxylic acids is 1. The van der Waals surface area contributed by atoms with E-state index in [9.17, 15) is 22.4 Å². The van der Waals surface area contributed by atoms with Gasteiger partial charge < -0.3 is 15.1 Å². The number of aryl methyl sites for hydroxylation is 1. The van der Waals surface area contributed by atoms with Gasteiger partial charge in [0.25, 0.3) is 0 Å². The summed E-state index contributed by atoms with van der Waals surface area (Å²) in [5, 5.41) is 2.62. The molecule has 1 fully saturated rings. The molecule has 0 atom stereocenters. The van der Waals surface area contributed by atoms with E-state index in [4.69, 9.17) is 11.6 Å². The van der Waals surface area contributed by atoms with E-state index in [1.165, 1.54) is 30.3 Å². The first kappa shape index (κ1) is 23.7. The van der Waals surface area contributed by atoms with Gasteiger partial charge in [-0.2, -0.15) is 13.2 Å². The number of aromatic nitrogens is 2. The van der Waals surface area contributed by atoms with Crippen LogP contribution in [-0.2, 0) is 6.18 Å². The van der Waals surface area contributed by atoms with E-state index in [0.717, 1.165) is 12.1 Å². The maximum atomic E-state index is 13.3. The third-order valence-electron chi connectivity index (χ3n) is 5.37. The molecular formula is C23H20ClF4N5O. The zero-order valence-electron chi connectivity index (χ0n) is 18.0. The molecule has 2 heterocycles. The van der Waals surface area contributed by atoms with Crippen molar-refractivity contribution in [2.45, 2.75) is 13.1 Å². The predicted octanol–water partition coefficient (Wildman–Crippen LogP) is 5.62. The summed E-state index contributed by atoms with van der Waals surface area (Å²) in [6.07, 6.45) is -4.41. The molecule has 34 heavy (non-hydrogen) atoms. The number of nitrogens with one attached hydrogen (secondary N) is 1. The van der Waals surface area contributed by atoms with Crippen LogP contribution in [-0.4, -0.2) is 47.1 Å². The van der Waals surface area contributed by atoms with Gasteiger partial charge in [0, 0.05) is 49.2 Å². The number of urea groups is 1. The van der Waals surface area contributed by atoms with Crippen molar-refractivity contribution in [3.8, 4) is 11.4 Å². The second kappa shape index (κ2) is 9.46. The highest BCUT2D eigenvalue weighted by Crippen LogP contribution is 2.31. The third kappa shape index (κ3) is 5.39. The van der Waals surface area contributed by atoms with Gasteiger partial charge in [0.15, 0.2) is 5.82 Å². The topological polar surface area (TPSA) is 61.4 Å². The number of carbonyl (C=O) groups is 1. The van der Waals surface area contributed by atoms with Crippen molar-refractivity contribution in [1.29, 1.82) is 0 Å². The molecule has 0 spiro atoms. The van der Waals surface area contributed by atoms with Crippen molar-refractivity contribution in [3.05, 3.63) is 70.6 Å². The number of piperazine rings is 1. The second-order valence-corrected chi connectivity index (χ2v) is 8.21. The molecule has 1 saturated heterocycles. The van der Waals surface area contributed by atoms with Gasteiger partial charge in [-0.3, -0.25) is 0 Å². The van der Waals surface area contributed by atoms with Gasteiger partial charge in [0.2, 0.25) is 0 Å². The highest BCUT2D eigenvalue weighted by molar-refractivity contribution is 6.31. The van der Waals surface area contributed by atoms with Gasteiger partial charge in [-0.05, 0) is 37.3 Å². The van der Waals surface area contributed by atoms with Crippen LogP contribution in [0.3, 0.4) is 0 Å². The van der Waals surface area contributed by atoms with Crippen LogP contribution in [0.15, 0.2) is 48.5 Å². The maximum Gasteiger partial charge on any atom is 0.416 e. The van der Waals surface area contributed by atoms with Gasteiger partial charge in [-0.1, -0.05) is 23.7 Å². The number of amides is 2. The molecule has 1 aromatic heterocycles. The normalized spacial score (nSPS) is 14.3. The number of rotatable bonds is 3. The van der Waals surface area contributed by atoms with Crippen molar-refractivity contribution >= 4 is 29.1 Å². The van der Waals surface area contributed by atoms with Crippen molar-refractivity contribution in [2.24, 2.45) is 0 Å². The van der Waals surface area contributed by atoms with Crippen LogP contribution in [0.1, 0.15) is 11.3 Å². The number of hydrogen-bond donors (Lipinski definition) is 1. The summed E-state index contributed by atoms with van der Waals surface area (Å²) in [6, 6.07) is 10.1. The molecule has 6 nitrogen and oxygen atoms in total. The SMILES string of the molecule is Cc1cc(N2CCN(C(=O)Nc3ccc(F)c(Cl)c3)CC2)nc(-c2ccc(C(F)(F)F)cc2)n1. The van der Waals surface area contributed by atoms with Gasteiger partial charge in [0.1, 0.15) is 11.6 Å². The molecule has 0 saturated carbocycles. The molecule has 178 valence electrons. The van der Waals surface area contributed by atoms with E-state index in [1.54, 1.807) is 17.9 Å². The first-order valence-corrected chi connectivity index (χ1v) is 10.8. The van der Waals surface area contributed by atoms with Crippen LogP contribution in [0.4, 0.5) is 33.9 Å². The Balaban J connectivity index is 1.42. The number of anilines is 2. The molecule has 3 aromatic rings. The zero-order chi connectivity index (χ0) is 24.5. The van der Waals surface area contributed by atoms with E-state index in [-0.39, 0.29) is 11.1 Å². The van der Waals surface area contributed by atoms with E-state index >= 15 is 0 Å². The lowest BCUT2D eigenvalue weighted by Crippen LogP contribution is -2.50. The summed E-state index contributed by atoms with van der Waals surface area (Å²) < 4.78 is 51.8. The Morgan fingerprint density at radius 2 is 1.68 bits per heavy atom. The molecule has 4 rings (SSSR count). The van der Waals surface area contributed by atoms with Crippen LogP contribution < -0.4 is 10.2 Å². The molecular weight excluding hydrogens is 474 g/mol. The average molecular weight is 494 g/mol. The smallest absolute Gasteiger partial charge is 0.353 e. The lowest BCUT2D eigenvalue weighted by atomic mass is 10.1. The first-order chi connectivity index (χ1) is 16.1. The average Bonchev–Trinajstić information content (AvgIpc) is 2.81. The van der Waals surface area contributed by atoms with Crippen LogP contribution in [0, 0.1) is 12.7 Å². The fourth-order valence-corrected chi connectivity index (χ4v) is 3.75. The van der Waals surface area contributed by atoms with Gasteiger partial charge in [0.05, 0.1) is 10.6 Å². The standard InChI is InChI=1S/C23H20ClF4N5O/c1-14-12-20(31-21(29-14)15-2-4-16(5-3-15)23(26,27)28)32-8-10-33(11-9-32)22(34)30-17-6-7-19(25)18(24)13-17/h2-7,12-13H,8-11H2,1H3,(H,30,34). The Hall–Kier alpha value is -3.40. The number of hydrogen-bond acceptors (Lipinski definition) is 4. The summed E-state index contributed by atoms with van der Waals surface area (Å²) in [5.74, 6) is 0.397. The van der Waals surface area contributed by atoms with Gasteiger partial charge in [-0.15, -0.1) is 0 Å². The van der Waals surface area contributed by atoms with Crippen molar-refractivity contribution in [2.75, 3.05) is 36.4 Å². The van der Waals surface area contributed by atoms with E-state index in [2.05, 4.69) is 15.3 Å². The summed E-state index contributed by atoms with van der Waals surface area (Å²) in [7, 11) is 0. The molecule has 1 aliphatic rings. The van der Waals surface area contributed by atoms with Gasteiger partial charge in [-0.25, -0.2) is 19.2 Å². The third-order valence-corrected chi connectivity index (χ3v) is 5.66. The van der Waals surface area contributed by atoms with Crippen LogP contribution in [0.2, 0.25) is 5.02 Å². The van der Waals surface area contributed by atoms with Crippen molar-refractivity contribution in [1.82, 2.24) is 14.9 Å².